The Morgan fingerprint density at radius 2 is 2.24 bits per heavy atom. The molecule has 2 rings (SSSR count). The fourth-order valence-electron chi connectivity index (χ4n) is 1.46. The van der Waals surface area contributed by atoms with Crippen LogP contribution >= 0.6 is 11.3 Å². The van der Waals surface area contributed by atoms with E-state index in [-0.39, 0.29) is 11.5 Å². The Morgan fingerprint density at radius 3 is 2.76 bits per heavy atom. The van der Waals surface area contributed by atoms with Crippen molar-refractivity contribution < 1.29 is 24.0 Å². The van der Waals surface area contributed by atoms with Gasteiger partial charge in [-0.1, -0.05) is 0 Å². The number of aromatic nitrogens is 1. The first kappa shape index (κ1) is 14.7. The monoisotopic (exact) mass is 311 g/mol. The van der Waals surface area contributed by atoms with Gasteiger partial charge in [-0.2, -0.15) is 0 Å². The van der Waals surface area contributed by atoms with E-state index in [1.54, 1.807) is 6.92 Å². The fraction of sp³-hybridized carbons (Fsp3) is 0.182. The Labute approximate surface area is 121 Å². The molecule has 9 nitrogen and oxygen atoms in total. The summed E-state index contributed by atoms with van der Waals surface area (Å²) in [6.07, 6.45) is 0. The lowest BCUT2D eigenvalue weighted by molar-refractivity contribution is -0.402. The number of aromatic carboxylic acids is 1. The molecule has 0 aliphatic heterocycles. The van der Waals surface area contributed by atoms with Gasteiger partial charge in [0.25, 0.3) is 5.91 Å². The van der Waals surface area contributed by atoms with Crippen LogP contribution in [0.2, 0.25) is 0 Å². The lowest BCUT2D eigenvalue weighted by Gasteiger charge is -2.09. The minimum atomic E-state index is -1.15. The Hall–Kier alpha value is -2.75. The van der Waals surface area contributed by atoms with Crippen molar-refractivity contribution in [3.05, 3.63) is 44.1 Å². The number of carbonyl (C=O) groups excluding carboxylic acids is 1. The Morgan fingerprint density at radius 1 is 1.52 bits per heavy atom. The highest BCUT2D eigenvalue weighted by Crippen LogP contribution is 2.20. The molecule has 2 aromatic rings. The van der Waals surface area contributed by atoms with E-state index in [9.17, 15) is 19.7 Å². The molecule has 10 heteroatoms. The van der Waals surface area contributed by atoms with Crippen LogP contribution in [-0.2, 0) is 0 Å². The fourth-order valence-corrected chi connectivity index (χ4v) is 2.26. The number of rotatable bonds is 5. The van der Waals surface area contributed by atoms with E-state index < -0.39 is 28.7 Å². The number of nitrogens with zero attached hydrogens (tertiary/aromatic N) is 2. The molecule has 0 bridgehead atoms. The molecule has 21 heavy (non-hydrogen) atoms. The summed E-state index contributed by atoms with van der Waals surface area (Å²) in [6.45, 7) is 1.61. The maximum Gasteiger partial charge on any atom is 0.433 e. The molecule has 0 saturated heterocycles. The van der Waals surface area contributed by atoms with Crippen LogP contribution in [0.5, 0.6) is 0 Å². The van der Waals surface area contributed by atoms with Gasteiger partial charge in [-0.3, -0.25) is 14.9 Å². The molecule has 110 valence electrons. The lowest BCUT2D eigenvalue weighted by Crippen LogP contribution is -2.26. The molecule has 0 spiro atoms. The topological polar surface area (TPSA) is 136 Å². The highest BCUT2D eigenvalue weighted by atomic mass is 32.1. The van der Waals surface area contributed by atoms with Crippen molar-refractivity contribution in [3.8, 4) is 0 Å². The van der Waals surface area contributed by atoms with Gasteiger partial charge in [0, 0.05) is 5.38 Å². The highest BCUT2D eigenvalue weighted by molar-refractivity contribution is 7.09. The summed E-state index contributed by atoms with van der Waals surface area (Å²) in [4.78, 5) is 36.1. The molecule has 0 fully saturated rings. The van der Waals surface area contributed by atoms with Crippen LogP contribution in [0.1, 0.15) is 39.0 Å². The van der Waals surface area contributed by atoms with Crippen LogP contribution in [0.4, 0.5) is 5.88 Å². The molecular formula is C11H9N3O6S. The van der Waals surface area contributed by atoms with E-state index in [2.05, 4.69) is 10.3 Å². The van der Waals surface area contributed by atoms with Gasteiger partial charge < -0.3 is 14.8 Å². The second kappa shape index (κ2) is 5.71. The maximum atomic E-state index is 11.8. The van der Waals surface area contributed by atoms with Crippen molar-refractivity contribution in [2.24, 2.45) is 0 Å². The average Bonchev–Trinajstić information content (AvgIpc) is 3.08. The van der Waals surface area contributed by atoms with Crippen molar-refractivity contribution >= 4 is 29.1 Å². The molecule has 0 aliphatic rings. The zero-order valence-electron chi connectivity index (χ0n) is 10.6. The lowest BCUT2D eigenvalue weighted by atomic mass is 10.3. The van der Waals surface area contributed by atoms with Crippen LogP contribution in [0.15, 0.2) is 21.9 Å². The van der Waals surface area contributed by atoms with Gasteiger partial charge in [-0.05, 0) is 13.0 Å². The summed E-state index contributed by atoms with van der Waals surface area (Å²) in [6, 6.07) is 1.70. The first-order chi connectivity index (χ1) is 9.88. The zero-order chi connectivity index (χ0) is 15.6. The summed E-state index contributed by atoms with van der Waals surface area (Å²) >= 11 is 1.09. The van der Waals surface area contributed by atoms with Gasteiger partial charge >= 0.3 is 11.9 Å². The number of carbonyl (C=O) groups is 2. The third-order valence-electron chi connectivity index (χ3n) is 2.45. The molecule has 0 radical (unpaired) electrons. The molecule has 0 aliphatic carbocycles. The Balaban J connectivity index is 2.06. The summed E-state index contributed by atoms with van der Waals surface area (Å²) < 4.78 is 4.76. The van der Waals surface area contributed by atoms with Crippen molar-refractivity contribution in [1.82, 2.24) is 10.3 Å². The third-order valence-corrected chi connectivity index (χ3v) is 3.48. The molecule has 1 unspecified atom stereocenters. The van der Waals surface area contributed by atoms with Gasteiger partial charge in [0.15, 0.2) is 11.5 Å². The van der Waals surface area contributed by atoms with E-state index in [0.717, 1.165) is 17.4 Å². The molecule has 1 amide bonds. The number of furan rings is 1. The minimum absolute atomic E-state index is 0.107. The highest BCUT2D eigenvalue weighted by Gasteiger charge is 2.21. The van der Waals surface area contributed by atoms with Crippen molar-refractivity contribution in [3.63, 3.8) is 0 Å². The van der Waals surface area contributed by atoms with E-state index in [4.69, 9.17) is 9.52 Å². The van der Waals surface area contributed by atoms with Gasteiger partial charge in [-0.25, -0.2) is 9.78 Å². The van der Waals surface area contributed by atoms with Gasteiger partial charge in [0.05, 0.1) is 12.1 Å². The van der Waals surface area contributed by atoms with Crippen LogP contribution in [-0.4, -0.2) is 26.9 Å². The second-order valence-corrected chi connectivity index (χ2v) is 4.86. The van der Waals surface area contributed by atoms with Gasteiger partial charge in [0.2, 0.25) is 0 Å². The van der Waals surface area contributed by atoms with Crippen LogP contribution in [0.3, 0.4) is 0 Å². The average molecular weight is 311 g/mol. The zero-order valence-corrected chi connectivity index (χ0v) is 11.4. The summed E-state index contributed by atoms with van der Waals surface area (Å²) in [7, 11) is 0. The molecule has 2 aromatic heterocycles. The summed E-state index contributed by atoms with van der Waals surface area (Å²) in [5, 5.41) is 23.5. The minimum Gasteiger partial charge on any atom is -0.476 e. The van der Waals surface area contributed by atoms with Crippen LogP contribution < -0.4 is 5.32 Å². The quantitative estimate of drug-likeness (QED) is 0.635. The number of hydrogen-bond donors (Lipinski definition) is 2. The number of hydrogen-bond acceptors (Lipinski definition) is 7. The number of carboxylic acids is 1. The van der Waals surface area contributed by atoms with Crippen molar-refractivity contribution in [2.45, 2.75) is 13.0 Å². The van der Waals surface area contributed by atoms with E-state index in [1.165, 1.54) is 11.4 Å². The molecule has 1 atom stereocenters. The maximum absolute atomic E-state index is 11.8. The standard InChI is InChI=1S/C11H9N3O6S/c1-5(10-13-6(4-21-10)11(16)17)12-9(15)7-2-3-8(20-7)14(18)19/h2-5H,1H3,(H,12,15)(H,16,17). The number of nitro groups is 1. The smallest absolute Gasteiger partial charge is 0.433 e. The number of carboxylic acid groups (broad SMARTS) is 1. The van der Waals surface area contributed by atoms with E-state index in [1.807, 2.05) is 0 Å². The number of amides is 1. The summed E-state index contributed by atoms with van der Waals surface area (Å²) in [5.74, 6) is -2.54. The van der Waals surface area contributed by atoms with Gasteiger partial charge in [-0.15, -0.1) is 11.3 Å². The van der Waals surface area contributed by atoms with Crippen LogP contribution in [0.25, 0.3) is 0 Å². The normalized spacial score (nSPS) is 11.9. The van der Waals surface area contributed by atoms with E-state index in [0.29, 0.717) is 5.01 Å². The molecular weight excluding hydrogens is 302 g/mol. The molecule has 2 N–H and O–H groups in total. The predicted octanol–water partition coefficient (Wildman–Crippen LogP) is 1.83. The third kappa shape index (κ3) is 3.23. The second-order valence-electron chi connectivity index (χ2n) is 3.97. The predicted molar refractivity (Wildman–Crippen MR) is 70.3 cm³/mol. The summed E-state index contributed by atoms with van der Waals surface area (Å²) in [5.41, 5.74) is -0.107. The first-order valence-corrected chi connectivity index (χ1v) is 6.50. The Bertz CT molecular complexity index is 706. The first-order valence-electron chi connectivity index (χ1n) is 5.62. The SMILES string of the molecule is CC(NC(=O)c1ccc([N+](=O)[O-])o1)c1nc(C(=O)O)cs1. The van der Waals surface area contributed by atoms with Crippen LogP contribution in [0, 0.1) is 10.1 Å². The molecule has 2 heterocycles. The molecule has 0 saturated carbocycles. The van der Waals surface area contributed by atoms with Crippen molar-refractivity contribution in [1.29, 1.82) is 0 Å². The number of nitrogens with one attached hydrogen (secondary N) is 1. The van der Waals surface area contributed by atoms with Gasteiger partial charge in [0.1, 0.15) is 9.93 Å². The largest absolute Gasteiger partial charge is 0.476 e. The molecule has 0 aromatic carbocycles. The van der Waals surface area contributed by atoms with E-state index >= 15 is 0 Å². The Kier molecular flexibility index (Phi) is 3.98. The number of thiazole rings is 1. The van der Waals surface area contributed by atoms with Crippen molar-refractivity contribution in [2.75, 3.05) is 0 Å².